The first-order chi connectivity index (χ1) is 10.9. The van der Waals surface area contributed by atoms with E-state index in [2.05, 4.69) is 15.3 Å². The van der Waals surface area contributed by atoms with Crippen molar-refractivity contribution in [2.45, 2.75) is 31.8 Å². The fraction of sp³-hybridized carbons (Fsp3) is 0.312. The molecule has 0 aliphatic heterocycles. The van der Waals surface area contributed by atoms with Gasteiger partial charge in [0.15, 0.2) is 16.8 Å². The number of hydrogen-bond donors (Lipinski definition) is 1. The largest absolute Gasteiger partial charge is 0.323 e. The number of aryl methyl sites for hydroxylation is 2. The summed E-state index contributed by atoms with van der Waals surface area (Å²) < 4.78 is 26.6. The molecule has 2 rings (SSSR count). The molecule has 0 aliphatic carbocycles. The Morgan fingerprint density at radius 2 is 1.87 bits per heavy atom. The van der Waals surface area contributed by atoms with Crippen LogP contribution in [0, 0.1) is 25.5 Å². The molecule has 0 saturated heterocycles. The van der Waals surface area contributed by atoms with Gasteiger partial charge in [-0.2, -0.15) is 0 Å². The Balaban J connectivity index is 2.04. The summed E-state index contributed by atoms with van der Waals surface area (Å²) in [5.74, 6) is -2.43. The Hall–Kier alpha value is -2.02. The summed E-state index contributed by atoms with van der Waals surface area (Å²) in [5.41, 5.74) is 2.40. The number of aromatic nitrogens is 2. The van der Waals surface area contributed by atoms with E-state index in [4.69, 9.17) is 0 Å². The standard InChI is InChI=1S/C16H17F2N3OS/c1-9-11(10(2)20-16(19-9)23-3)7-8-14(22)21-13-6-4-5-12(17)15(13)18/h4-6H,7-8H2,1-3H3,(H,21,22). The van der Waals surface area contributed by atoms with E-state index < -0.39 is 11.6 Å². The molecule has 23 heavy (non-hydrogen) atoms. The number of nitrogens with one attached hydrogen (secondary N) is 1. The molecule has 0 radical (unpaired) electrons. The summed E-state index contributed by atoms with van der Waals surface area (Å²) in [6.07, 6.45) is 2.48. The highest BCUT2D eigenvalue weighted by Gasteiger charge is 2.13. The summed E-state index contributed by atoms with van der Waals surface area (Å²) in [7, 11) is 0. The van der Waals surface area contributed by atoms with Crippen LogP contribution in [0.1, 0.15) is 23.4 Å². The number of carbonyl (C=O) groups is 1. The highest BCUT2D eigenvalue weighted by Crippen LogP contribution is 2.19. The van der Waals surface area contributed by atoms with E-state index in [1.807, 2.05) is 20.1 Å². The van der Waals surface area contributed by atoms with Gasteiger partial charge >= 0.3 is 0 Å². The predicted molar refractivity (Wildman–Crippen MR) is 86.6 cm³/mol. The maximum absolute atomic E-state index is 13.5. The van der Waals surface area contributed by atoms with Crippen molar-refractivity contribution >= 4 is 23.4 Å². The van der Waals surface area contributed by atoms with Gasteiger partial charge in [-0.1, -0.05) is 17.8 Å². The number of carbonyl (C=O) groups excluding carboxylic acids is 1. The van der Waals surface area contributed by atoms with E-state index >= 15 is 0 Å². The van der Waals surface area contributed by atoms with Gasteiger partial charge < -0.3 is 5.32 Å². The van der Waals surface area contributed by atoms with Crippen molar-refractivity contribution in [2.24, 2.45) is 0 Å². The lowest BCUT2D eigenvalue weighted by Gasteiger charge is -2.10. The molecule has 1 N–H and O–H groups in total. The van der Waals surface area contributed by atoms with Crippen LogP contribution in [0.4, 0.5) is 14.5 Å². The SMILES string of the molecule is CSc1nc(C)c(CCC(=O)Nc2cccc(F)c2F)c(C)n1. The highest BCUT2D eigenvalue weighted by atomic mass is 32.2. The molecule has 0 fully saturated rings. The maximum atomic E-state index is 13.5. The van der Waals surface area contributed by atoms with E-state index in [-0.39, 0.29) is 18.0 Å². The van der Waals surface area contributed by atoms with Crippen LogP contribution in [0.3, 0.4) is 0 Å². The van der Waals surface area contributed by atoms with Crippen LogP contribution in [0.15, 0.2) is 23.4 Å². The van der Waals surface area contributed by atoms with Crippen molar-refractivity contribution in [1.82, 2.24) is 9.97 Å². The third-order valence-corrected chi connectivity index (χ3v) is 3.96. The van der Waals surface area contributed by atoms with E-state index in [1.165, 1.54) is 23.9 Å². The normalized spacial score (nSPS) is 10.7. The van der Waals surface area contributed by atoms with Crippen LogP contribution in [0.25, 0.3) is 0 Å². The number of hydrogen-bond acceptors (Lipinski definition) is 4. The minimum atomic E-state index is -1.05. The summed E-state index contributed by atoms with van der Waals surface area (Å²) in [6, 6.07) is 3.67. The predicted octanol–water partition coefficient (Wildman–Crippen LogP) is 3.66. The second-order valence-corrected chi connectivity index (χ2v) is 5.78. The molecule has 0 unspecified atom stereocenters. The van der Waals surface area contributed by atoms with Crippen molar-refractivity contribution in [3.05, 3.63) is 46.8 Å². The van der Waals surface area contributed by atoms with Crippen molar-refractivity contribution in [2.75, 3.05) is 11.6 Å². The van der Waals surface area contributed by atoms with Crippen LogP contribution >= 0.6 is 11.8 Å². The Bertz CT molecular complexity index is 714. The lowest BCUT2D eigenvalue weighted by molar-refractivity contribution is -0.116. The number of nitrogens with zero attached hydrogens (tertiary/aromatic N) is 2. The topological polar surface area (TPSA) is 54.9 Å². The second-order valence-electron chi connectivity index (χ2n) is 5.01. The second kappa shape index (κ2) is 7.50. The van der Waals surface area contributed by atoms with Crippen molar-refractivity contribution in [3.8, 4) is 0 Å². The molecule has 0 aliphatic rings. The summed E-state index contributed by atoms with van der Waals surface area (Å²) in [4.78, 5) is 20.7. The first-order valence-electron chi connectivity index (χ1n) is 7.04. The lowest BCUT2D eigenvalue weighted by atomic mass is 10.1. The molecule has 1 aromatic heterocycles. The molecule has 1 heterocycles. The average molecular weight is 337 g/mol. The monoisotopic (exact) mass is 337 g/mol. The van der Waals surface area contributed by atoms with E-state index in [0.717, 1.165) is 23.0 Å². The van der Waals surface area contributed by atoms with Gasteiger partial charge in [-0.05, 0) is 44.2 Å². The third-order valence-electron chi connectivity index (χ3n) is 3.41. The molecular formula is C16H17F2N3OS. The highest BCUT2D eigenvalue weighted by molar-refractivity contribution is 7.98. The molecule has 0 spiro atoms. The van der Waals surface area contributed by atoms with Crippen molar-refractivity contribution in [1.29, 1.82) is 0 Å². The molecule has 122 valence electrons. The molecule has 0 atom stereocenters. The maximum Gasteiger partial charge on any atom is 0.224 e. The van der Waals surface area contributed by atoms with Gasteiger partial charge in [0.1, 0.15) is 0 Å². The molecule has 1 amide bonds. The first-order valence-corrected chi connectivity index (χ1v) is 8.26. The van der Waals surface area contributed by atoms with Gasteiger partial charge in [-0.15, -0.1) is 0 Å². The fourth-order valence-electron chi connectivity index (χ4n) is 2.21. The molecule has 1 aromatic carbocycles. The van der Waals surface area contributed by atoms with Crippen molar-refractivity contribution in [3.63, 3.8) is 0 Å². The van der Waals surface area contributed by atoms with Crippen LogP contribution in [0.5, 0.6) is 0 Å². The Morgan fingerprint density at radius 1 is 1.22 bits per heavy atom. The summed E-state index contributed by atoms with van der Waals surface area (Å²) >= 11 is 1.46. The number of benzene rings is 1. The van der Waals surface area contributed by atoms with E-state index in [1.54, 1.807) is 0 Å². The van der Waals surface area contributed by atoms with Gasteiger partial charge in [0.2, 0.25) is 5.91 Å². The van der Waals surface area contributed by atoms with Gasteiger partial charge in [-0.3, -0.25) is 4.79 Å². The minimum absolute atomic E-state index is 0.138. The lowest BCUT2D eigenvalue weighted by Crippen LogP contribution is -2.15. The molecular weight excluding hydrogens is 320 g/mol. The number of amides is 1. The zero-order chi connectivity index (χ0) is 17.0. The van der Waals surface area contributed by atoms with Gasteiger partial charge in [0.05, 0.1) is 5.69 Å². The first kappa shape index (κ1) is 17.3. The van der Waals surface area contributed by atoms with E-state index in [0.29, 0.717) is 11.6 Å². The van der Waals surface area contributed by atoms with Gasteiger partial charge in [0.25, 0.3) is 0 Å². The number of halogens is 2. The summed E-state index contributed by atoms with van der Waals surface area (Å²) in [5, 5.41) is 3.07. The zero-order valence-electron chi connectivity index (χ0n) is 13.1. The smallest absolute Gasteiger partial charge is 0.224 e. The Labute approximate surface area is 137 Å². The molecule has 2 aromatic rings. The molecule has 0 bridgehead atoms. The summed E-state index contributed by atoms with van der Waals surface area (Å²) in [6.45, 7) is 3.74. The average Bonchev–Trinajstić information content (AvgIpc) is 2.50. The molecule has 7 heteroatoms. The van der Waals surface area contributed by atoms with E-state index in [9.17, 15) is 13.6 Å². The number of thioether (sulfide) groups is 1. The zero-order valence-corrected chi connectivity index (χ0v) is 13.9. The van der Waals surface area contributed by atoms with Crippen LogP contribution in [-0.2, 0) is 11.2 Å². The minimum Gasteiger partial charge on any atom is -0.323 e. The van der Waals surface area contributed by atoms with Crippen LogP contribution < -0.4 is 5.32 Å². The Morgan fingerprint density at radius 3 is 2.48 bits per heavy atom. The quantitative estimate of drug-likeness (QED) is 0.668. The third kappa shape index (κ3) is 4.25. The molecule has 4 nitrogen and oxygen atoms in total. The Kier molecular flexibility index (Phi) is 5.65. The fourth-order valence-corrected chi connectivity index (χ4v) is 2.67. The number of rotatable bonds is 5. The molecule has 0 saturated carbocycles. The van der Waals surface area contributed by atoms with Gasteiger partial charge in [-0.25, -0.2) is 18.7 Å². The number of anilines is 1. The van der Waals surface area contributed by atoms with Crippen molar-refractivity contribution < 1.29 is 13.6 Å². The van der Waals surface area contributed by atoms with Gasteiger partial charge in [0, 0.05) is 17.8 Å². The van der Waals surface area contributed by atoms with Crippen LogP contribution in [-0.4, -0.2) is 22.1 Å². The van der Waals surface area contributed by atoms with Crippen LogP contribution in [0.2, 0.25) is 0 Å².